The Kier molecular flexibility index (Phi) is 7.18. The van der Waals surface area contributed by atoms with Crippen LogP contribution in [0.15, 0.2) is 206 Å². The number of nitrogens with zero attached hydrogens (tertiary/aromatic N) is 2. The third-order valence-corrected chi connectivity index (χ3v) is 10.3. The molecule has 1 heterocycles. The molecule has 9 aromatic carbocycles. The Bertz CT molecular complexity index is 2860. The second-order valence-electron chi connectivity index (χ2n) is 13.4. The van der Waals surface area contributed by atoms with Gasteiger partial charge in [-0.3, -0.25) is 0 Å². The molecule has 0 fully saturated rings. The molecule has 52 heavy (non-hydrogen) atoms. The molecule has 2 heteroatoms. The first-order valence-electron chi connectivity index (χ1n) is 17.8. The van der Waals surface area contributed by atoms with Crippen LogP contribution >= 0.6 is 0 Å². The maximum absolute atomic E-state index is 2.41. The van der Waals surface area contributed by atoms with Crippen LogP contribution in [0.2, 0.25) is 0 Å². The first kappa shape index (κ1) is 30.0. The Morgan fingerprint density at radius 2 is 0.827 bits per heavy atom. The Hall–Kier alpha value is -6.90. The summed E-state index contributed by atoms with van der Waals surface area (Å²) in [4.78, 5) is 2.37. The number of para-hydroxylation sites is 3. The van der Waals surface area contributed by atoms with Crippen LogP contribution in [0.1, 0.15) is 0 Å². The Morgan fingerprint density at radius 1 is 0.308 bits per heavy atom. The first-order valence-corrected chi connectivity index (χ1v) is 17.8. The minimum absolute atomic E-state index is 1.10. The number of aromatic nitrogens is 1. The second-order valence-corrected chi connectivity index (χ2v) is 13.4. The molecular weight excluding hydrogens is 629 g/mol. The van der Waals surface area contributed by atoms with Crippen molar-refractivity contribution >= 4 is 60.4 Å². The molecule has 0 aliphatic heterocycles. The summed E-state index contributed by atoms with van der Waals surface area (Å²) in [5.41, 5.74) is 11.7. The molecule has 10 rings (SSSR count). The van der Waals surface area contributed by atoms with E-state index >= 15 is 0 Å². The van der Waals surface area contributed by atoms with E-state index in [-0.39, 0.29) is 0 Å². The summed E-state index contributed by atoms with van der Waals surface area (Å²) in [6.45, 7) is 0. The Balaban J connectivity index is 1.10. The molecule has 0 atom stereocenters. The lowest BCUT2D eigenvalue weighted by atomic mass is 10.00. The molecule has 0 aliphatic carbocycles. The maximum atomic E-state index is 2.41. The summed E-state index contributed by atoms with van der Waals surface area (Å²) < 4.78 is 2.41. The highest BCUT2D eigenvalue weighted by Gasteiger charge is 2.17. The summed E-state index contributed by atoms with van der Waals surface area (Å²) in [6, 6.07) is 74.7. The number of benzene rings is 9. The maximum Gasteiger partial charge on any atom is 0.0541 e. The normalized spacial score (nSPS) is 11.5. The number of hydrogen-bond acceptors (Lipinski definition) is 1. The van der Waals surface area contributed by atoms with Crippen LogP contribution in [0.3, 0.4) is 0 Å². The van der Waals surface area contributed by atoms with E-state index in [1.165, 1.54) is 71.3 Å². The van der Waals surface area contributed by atoms with Crippen molar-refractivity contribution < 1.29 is 0 Å². The van der Waals surface area contributed by atoms with Crippen molar-refractivity contribution in [3.05, 3.63) is 206 Å². The van der Waals surface area contributed by atoms with Gasteiger partial charge in [-0.25, -0.2) is 0 Å². The highest BCUT2D eigenvalue weighted by molar-refractivity contribution is 6.09. The smallest absolute Gasteiger partial charge is 0.0541 e. The fourth-order valence-electron chi connectivity index (χ4n) is 7.84. The molecule has 0 spiro atoms. The van der Waals surface area contributed by atoms with Crippen molar-refractivity contribution in [2.75, 3.05) is 4.90 Å². The lowest BCUT2D eigenvalue weighted by Crippen LogP contribution is -2.10. The topological polar surface area (TPSA) is 8.17 Å². The van der Waals surface area contributed by atoms with Gasteiger partial charge in [-0.1, -0.05) is 146 Å². The van der Waals surface area contributed by atoms with Gasteiger partial charge >= 0.3 is 0 Å². The minimum Gasteiger partial charge on any atom is -0.310 e. The van der Waals surface area contributed by atoms with Gasteiger partial charge in [0.15, 0.2) is 0 Å². The van der Waals surface area contributed by atoms with Crippen LogP contribution in [0.5, 0.6) is 0 Å². The summed E-state index contributed by atoms with van der Waals surface area (Å²) in [5.74, 6) is 0. The van der Waals surface area contributed by atoms with Crippen LogP contribution in [0.25, 0.3) is 71.3 Å². The van der Waals surface area contributed by atoms with Gasteiger partial charge in [0.05, 0.1) is 16.7 Å². The number of anilines is 3. The summed E-state index contributed by atoms with van der Waals surface area (Å²) >= 11 is 0. The van der Waals surface area contributed by atoms with Crippen molar-refractivity contribution in [3.63, 3.8) is 0 Å². The van der Waals surface area contributed by atoms with Crippen LogP contribution in [-0.4, -0.2) is 4.57 Å². The summed E-state index contributed by atoms with van der Waals surface area (Å²) in [5, 5.41) is 7.47. The number of fused-ring (bicyclic) bond motifs is 5. The molecule has 0 amide bonds. The zero-order chi connectivity index (χ0) is 34.4. The van der Waals surface area contributed by atoms with Gasteiger partial charge < -0.3 is 9.47 Å². The van der Waals surface area contributed by atoms with E-state index in [1.54, 1.807) is 0 Å². The predicted octanol–water partition coefficient (Wildman–Crippen LogP) is 13.9. The molecule has 10 aromatic rings. The lowest BCUT2D eigenvalue weighted by Gasteiger charge is -2.27. The molecule has 0 aliphatic rings. The predicted molar refractivity (Wildman–Crippen MR) is 221 cm³/mol. The van der Waals surface area contributed by atoms with E-state index in [0.29, 0.717) is 0 Å². The van der Waals surface area contributed by atoms with Gasteiger partial charge in [0.1, 0.15) is 0 Å². The second kappa shape index (κ2) is 12.5. The van der Waals surface area contributed by atoms with Gasteiger partial charge in [0, 0.05) is 33.4 Å². The minimum atomic E-state index is 1.10. The highest BCUT2D eigenvalue weighted by atomic mass is 15.1. The largest absolute Gasteiger partial charge is 0.310 e. The fraction of sp³-hybridized carbons (Fsp3) is 0. The van der Waals surface area contributed by atoms with Crippen molar-refractivity contribution in [2.45, 2.75) is 0 Å². The van der Waals surface area contributed by atoms with Crippen molar-refractivity contribution in [1.29, 1.82) is 0 Å². The molecule has 0 radical (unpaired) electrons. The van der Waals surface area contributed by atoms with E-state index in [4.69, 9.17) is 0 Å². The Morgan fingerprint density at radius 3 is 1.56 bits per heavy atom. The molecule has 0 saturated heterocycles. The molecular formula is C50H34N2. The molecule has 2 nitrogen and oxygen atoms in total. The lowest BCUT2D eigenvalue weighted by molar-refractivity contribution is 1.18. The van der Waals surface area contributed by atoms with Crippen molar-refractivity contribution in [2.24, 2.45) is 0 Å². The third-order valence-electron chi connectivity index (χ3n) is 10.3. The van der Waals surface area contributed by atoms with Crippen LogP contribution in [-0.2, 0) is 0 Å². The number of rotatable bonds is 6. The van der Waals surface area contributed by atoms with E-state index in [0.717, 1.165) is 17.1 Å². The Labute approximate surface area is 303 Å². The van der Waals surface area contributed by atoms with E-state index < -0.39 is 0 Å². The molecule has 0 bridgehead atoms. The monoisotopic (exact) mass is 662 g/mol. The standard InChI is InChI=1S/C50H34N2/c1-3-14-38-32-41(25-24-35(38)12-1)40-16-11-17-43(34-40)51(44-31-26-36-13-2-4-15-39(36)33-44)42-29-27-37(28-30-42)45-18-5-8-21-48(45)52-49-22-9-6-19-46(49)47-20-7-10-23-50(47)52/h1-34H. The highest BCUT2D eigenvalue weighted by Crippen LogP contribution is 2.40. The van der Waals surface area contributed by atoms with Gasteiger partial charge in [0.25, 0.3) is 0 Å². The van der Waals surface area contributed by atoms with Gasteiger partial charge in [0.2, 0.25) is 0 Å². The van der Waals surface area contributed by atoms with Gasteiger partial charge in [-0.15, -0.1) is 0 Å². The SMILES string of the molecule is c1cc(-c2ccc3ccccc3c2)cc(N(c2ccc(-c3ccccc3-n3c4ccccc4c4ccccc43)cc2)c2ccc3ccccc3c2)c1. The van der Waals surface area contributed by atoms with E-state index in [1.807, 2.05) is 0 Å². The van der Waals surface area contributed by atoms with E-state index in [2.05, 4.69) is 216 Å². The van der Waals surface area contributed by atoms with Gasteiger partial charge in [-0.05, 0) is 98.9 Å². The van der Waals surface area contributed by atoms with E-state index in [9.17, 15) is 0 Å². The molecule has 0 unspecified atom stereocenters. The third kappa shape index (κ3) is 5.12. The first-order chi connectivity index (χ1) is 25.8. The zero-order valence-corrected chi connectivity index (χ0v) is 28.5. The number of hydrogen-bond donors (Lipinski definition) is 0. The van der Waals surface area contributed by atoms with Crippen LogP contribution < -0.4 is 4.90 Å². The molecule has 1 aromatic heterocycles. The molecule has 0 N–H and O–H groups in total. The average Bonchev–Trinajstić information content (AvgIpc) is 3.55. The summed E-state index contributed by atoms with van der Waals surface area (Å²) in [7, 11) is 0. The van der Waals surface area contributed by atoms with Crippen LogP contribution in [0, 0.1) is 0 Å². The van der Waals surface area contributed by atoms with Crippen molar-refractivity contribution in [1.82, 2.24) is 4.57 Å². The quantitative estimate of drug-likeness (QED) is 0.172. The van der Waals surface area contributed by atoms with Gasteiger partial charge in [-0.2, -0.15) is 0 Å². The molecule has 0 saturated carbocycles. The zero-order valence-electron chi connectivity index (χ0n) is 28.5. The fourth-order valence-corrected chi connectivity index (χ4v) is 7.84. The van der Waals surface area contributed by atoms with Crippen molar-refractivity contribution in [3.8, 4) is 27.9 Å². The molecule has 244 valence electrons. The van der Waals surface area contributed by atoms with Crippen LogP contribution in [0.4, 0.5) is 17.1 Å². The summed E-state index contributed by atoms with van der Waals surface area (Å²) in [6.07, 6.45) is 0. The average molecular weight is 663 g/mol.